The number of aromatic nitrogens is 3. The minimum atomic E-state index is -0.400. The normalized spacial score (nSPS) is 10.4. The number of pyridine rings is 1. The van der Waals surface area contributed by atoms with Gasteiger partial charge in [-0.15, -0.1) is 0 Å². The first-order valence-electron chi connectivity index (χ1n) is 5.47. The Morgan fingerprint density at radius 1 is 1.50 bits per heavy atom. The molecule has 0 radical (unpaired) electrons. The monoisotopic (exact) mass is 309 g/mol. The first-order valence-corrected chi connectivity index (χ1v) is 6.27. The van der Waals surface area contributed by atoms with Crippen LogP contribution in [0.4, 0.5) is 0 Å². The molecule has 0 unspecified atom stereocenters. The summed E-state index contributed by atoms with van der Waals surface area (Å²) in [6.07, 6.45) is 1.65. The lowest BCUT2D eigenvalue weighted by molar-refractivity contribution is 0.0515. The highest BCUT2D eigenvalue weighted by atomic mass is 79.9. The molecule has 2 aromatic rings. The summed E-state index contributed by atoms with van der Waals surface area (Å²) in [5.41, 5.74) is 1.12. The maximum Gasteiger partial charge on any atom is 0.357 e. The molecular weight excluding hydrogens is 298 g/mol. The van der Waals surface area contributed by atoms with Gasteiger partial charge in [0.2, 0.25) is 0 Å². The molecule has 5 nitrogen and oxygen atoms in total. The van der Waals surface area contributed by atoms with Gasteiger partial charge in [-0.1, -0.05) is 0 Å². The largest absolute Gasteiger partial charge is 0.461 e. The number of carbonyl (C=O) groups is 1. The van der Waals surface area contributed by atoms with E-state index in [9.17, 15) is 4.79 Å². The highest BCUT2D eigenvalue weighted by molar-refractivity contribution is 9.10. The predicted octanol–water partition coefficient (Wildman–Crippen LogP) is 2.51. The van der Waals surface area contributed by atoms with Crippen LogP contribution in [0.15, 0.2) is 28.9 Å². The van der Waals surface area contributed by atoms with E-state index in [1.165, 1.54) is 4.68 Å². The van der Waals surface area contributed by atoms with Crippen LogP contribution in [0, 0.1) is 6.92 Å². The maximum atomic E-state index is 11.8. The van der Waals surface area contributed by atoms with E-state index >= 15 is 0 Å². The van der Waals surface area contributed by atoms with Gasteiger partial charge in [0.05, 0.1) is 12.3 Å². The fourth-order valence-electron chi connectivity index (χ4n) is 1.52. The molecule has 0 saturated carbocycles. The summed E-state index contributed by atoms with van der Waals surface area (Å²) in [6, 6.07) is 5.30. The van der Waals surface area contributed by atoms with Crippen molar-refractivity contribution in [3.8, 4) is 5.82 Å². The third-order valence-electron chi connectivity index (χ3n) is 2.24. The van der Waals surface area contributed by atoms with Crippen LogP contribution in [0.25, 0.3) is 5.82 Å². The van der Waals surface area contributed by atoms with Gasteiger partial charge in [-0.25, -0.2) is 14.5 Å². The van der Waals surface area contributed by atoms with Crippen LogP contribution < -0.4 is 0 Å². The van der Waals surface area contributed by atoms with E-state index in [2.05, 4.69) is 26.0 Å². The summed E-state index contributed by atoms with van der Waals surface area (Å²) in [6.45, 7) is 3.91. The van der Waals surface area contributed by atoms with Crippen LogP contribution in [-0.4, -0.2) is 27.3 Å². The van der Waals surface area contributed by atoms with Crippen molar-refractivity contribution < 1.29 is 9.53 Å². The Morgan fingerprint density at radius 2 is 2.28 bits per heavy atom. The van der Waals surface area contributed by atoms with Gasteiger partial charge in [0, 0.05) is 10.7 Å². The van der Waals surface area contributed by atoms with Crippen molar-refractivity contribution in [3.63, 3.8) is 0 Å². The van der Waals surface area contributed by atoms with E-state index in [1.54, 1.807) is 25.3 Å². The average Bonchev–Trinajstić information content (AvgIpc) is 2.73. The van der Waals surface area contributed by atoms with Gasteiger partial charge in [-0.05, 0) is 48.0 Å². The van der Waals surface area contributed by atoms with Crippen molar-refractivity contribution in [1.29, 1.82) is 0 Å². The zero-order valence-electron chi connectivity index (χ0n) is 10.1. The van der Waals surface area contributed by atoms with Gasteiger partial charge in [-0.2, -0.15) is 5.10 Å². The number of hydrogen-bond acceptors (Lipinski definition) is 4. The van der Waals surface area contributed by atoms with E-state index in [1.807, 2.05) is 13.0 Å². The molecule has 0 aliphatic carbocycles. The SMILES string of the molecule is CCOC(=O)c1cc(C)nn1-c1ccc(Br)cn1. The second-order valence-corrected chi connectivity index (χ2v) is 4.55. The van der Waals surface area contributed by atoms with Crippen LogP contribution in [0.1, 0.15) is 23.1 Å². The van der Waals surface area contributed by atoms with E-state index in [0.717, 1.165) is 10.2 Å². The summed E-state index contributed by atoms with van der Waals surface area (Å²) in [5.74, 6) is 0.178. The van der Waals surface area contributed by atoms with Crippen molar-refractivity contribution in [2.24, 2.45) is 0 Å². The molecule has 0 aromatic carbocycles. The Morgan fingerprint density at radius 3 is 2.89 bits per heavy atom. The summed E-state index contributed by atoms with van der Waals surface area (Å²) in [5, 5.41) is 4.25. The van der Waals surface area contributed by atoms with E-state index in [4.69, 9.17) is 4.74 Å². The summed E-state index contributed by atoms with van der Waals surface area (Å²) < 4.78 is 7.34. The second-order valence-electron chi connectivity index (χ2n) is 3.64. The number of carbonyl (C=O) groups excluding carboxylic acids is 1. The fraction of sp³-hybridized carbons (Fsp3) is 0.250. The Labute approximate surface area is 113 Å². The lowest BCUT2D eigenvalue weighted by atomic mass is 10.3. The van der Waals surface area contributed by atoms with Gasteiger partial charge < -0.3 is 4.74 Å². The van der Waals surface area contributed by atoms with Crippen molar-refractivity contribution >= 4 is 21.9 Å². The number of hydrogen-bond donors (Lipinski definition) is 0. The van der Waals surface area contributed by atoms with Crippen LogP contribution >= 0.6 is 15.9 Å². The molecule has 6 heteroatoms. The van der Waals surface area contributed by atoms with Crippen molar-refractivity contribution in [2.75, 3.05) is 6.61 Å². The molecule has 0 aliphatic rings. The van der Waals surface area contributed by atoms with Crippen molar-refractivity contribution in [3.05, 3.63) is 40.3 Å². The number of rotatable bonds is 3. The summed E-state index contributed by atoms with van der Waals surface area (Å²) in [7, 11) is 0. The van der Waals surface area contributed by atoms with E-state index in [-0.39, 0.29) is 0 Å². The second kappa shape index (κ2) is 5.30. The van der Waals surface area contributed by atoms with Gasteiger partial charge in [0.15, 0.2) is 11.5 Å². The van der Waals surface area contributed by atoms with Gasteiger partial charge in [0.25, 0.3) is 0 Å². The zero-order valence-corrected chi connectivity index (χ0v) is 11.6. The Bertz CT molecular complexity index is 563. The molecule has 0 saturated heterocycles. The molecule has 0 N–H and O–H groups in total. The molecule has 2 heterocycles. The third-order valence-corrected chi connectivity index (χ3v) is 2.71. The van der Waals surface area contributed by atoms with Gasteiger partial charge in [0.1, 0.15) is 0 Å². The molecule has 0 spiro atoms. The average molecular weight is 310 g/mol. The van der Waals surface area contributed by atoms with E-state index in [0.29, 0.717) is 18.1 Å². The number of esters is 1. The summed E-state index contributed by atoms with van der Waals surface area (Å²) in [4.78, 5) is 16.0. The van der Waals surface area contributed by atoms with Gasteiger partial charge >= 0.3 is 5.97 Å². The number of nitrogens with zero attached hydrogens (tertiary/aromatic N) is 3. The molecule has 2 rings (SSSR count). The lowest BCUT2D eigenvalue weighted by Gasteiger charge is -2.05. The van der Waals surface area contributed by atoms with Crippen LogP contribution in [-0.2, 0) is 4.74 Å². The standard InChI is InChI=1S/C12H12BrN3O2/c1-3-18-12(17)10-6-8(2)15-16(10)11-5-4-9(13)7-14-11/h4-7H,3H2,1-2H3. The maximum absolute atomic E-state index is 11.8. The highest BCUT2D eigenvalue weighted by Crippen LogP contribution is 2.14. The molecule has 0 fully saturated rings. The highest BCUT2D eigenvalue weighted by Gasteiger charge is 2.16. The molecule has 0 amide bonds. The van der Waals surface area contributed by atoms with Crippen LogP contribution in [0.5, 0.6) is 0 Å². The van der Waals surface area contributed by atoms with Crippen molar-refractivity contribution in [1.82, 2.24) is 14.8 Å². The first kappa shape index (κ1) is 12.8. The Balaban J connectivity index is 2.44. The van der Waals surface area contributed by atoms with Crippen LogP contribution in [0.2, 0.25) is 0 Å². The third kappa shape index (κ3) is 2.59. The smallest absolute Gasteiger partial charge is 0.357 e. The van der Waals surface area contributed by atoms with Crippen molar-refractivity contribution in [2.45, 2.75) is 13.8 Å². The topological polar surface area (TPSA) is 57.0 Å². The van der Waals surface area contributed by atoms with Crippen LogP contribution in [0.3, 0.4) is 0 Å². The number of halogens is 1. The lowest BCUT2D eigenvalue weighted by Crippen LogP contribution is -2.12. The Hall–Kier alpha value is -1.69. The fourth-order valence-corrected chi connectivity index (χ4v) is 1.75. The molecule has 18 heavy (non-hydrogen) atoms. The molecule has 94 valence electrons. The Kier molecular flexibility index (Phi) is 3.76. The minimum Gasteiger partial charge on any atom is -0.461 e. The van der Waals surface area contributed by atoms with Gasteiger partial charge in [-0.3, -0.25) is 0 Å². The first-order chi connectivity index (χ1) is 8.61. The molecular formula is C12H12BrN3O2. The zero-order chi connectivity index (χ0) is 13.1. The minimum absolute atomic E-state index is 0.330. The molecule has 2 aromatic heterocycles. The molecule has 0 bridgehead atoms. The molecule has 0 aliphatic heterocycles. The number of aryl methyl sites for hydroxylation is 1. The molecule has 0 atom stereocenters. The van der Waals surface area contributed by atoms with E-state index < -0.39 is 5.97 Å². The summed E-state index contributed by atoms with van der Waals surface area (Å²) >= 11 is 3.31. The predicted molar refractivity (Wildman–Crippen MR) is 69.8 cm³/mol. The number of ether oxygens (including phenoxy) is 1. The quantitative estimate of drug-likeness (QED) is 0.817.